The van der Waals surface area contributed by atoms with E-state index < -0.39 is 0 Å². The Labute approximate surface area is 205 Å². The number of rotatable bonds is 9. The first-order valence-electron chi connectivity index (χ1n) is 12.2. The number of hydrogen-bond acceptors (Lipinski definition) is 1. The predicted molar refractivity (Wildman–Crippen MR) is 154 cm³/mol. The lowest BCUT2D eigenvalue weighted by atomic mass is 10.0. The highest BCUT2D eigenvalue weighted by Crippen LogP contribution is 2.22. The van der Waals surface area contributed by atoms with Crippen LogP contribution in [0.15, 0.2) is 83.1 Å². The van der Waals surface area contributed by atoms with Gasteiger partial charge in [0.1, 0.15) is 0 Å². The van der Waals surface area contributed by atoms with Crippen molar-refractivity contribution in [3.05, 3.63) is 94.3 Å². The van der Waals surface area contributed by atoms with Gasteiger partial charge >= 0.3 is 0 Å². The zero-order chi connectivity index (χ0) is 25.8. The van der Waals surface area contributed by atoms with Crippen LogP contribution in [0, 0.1) is 19.3 Å². The van der Waals surface area contributed by atoms with Crippen molar-refractivity contribution in [2.24, 2.45) is 0 Å². The fraction of sp³-hybridized carbons (Fsp3) is 0.375. The molecule has 0 bridgehead atoms. The van der Waals surface area contributed by atoms with Crippen LogP contribution in [0.3, 0.4) is 0 Å². The average molecular weight is 446 g/mol. The van der Waals surface area contributed by atoms with E-state index in [-0.39, 0.29) is 0 Å². The summed E-state index contributed by atoms with van der Waals surface area (Å²) in [4.78, 5) is 0. The maximum absolute atomic E-state index is 5.30. The van der Waals surface area contributed by atoms with Gasteiger partial charge < -0.3 is 5.32 Å². The van der Waals surface area contributed by atoms with E-state index in [2.05, 4.69) is 102 Å². The first-order chi connectivity index (χ1) is 15.8. The SMILES string of the molecule is C#C\C=C/C(C)=C(C)/C(C)=C/C=C(\CC)C(=C)Nc1ccc(C)c(/C=C\CC)c1.CC.CC. The van der Waals surface area contributed by atoms with Crippen LogP contribution in [0.2, 0.25) is 0 Å². The summed E-state index contributed by atoms with van der Waals surface area (Å²) < 4.78 is 0. The molecule has 0 heterocycles. The molecule has 0 radical (unpaired) electrons. The van der Waals surface area contributed by atoms with Crippen molar-refractivity contribution in [3.8, 4) is 12.3 Å². The molecule has 0 spiro atoms. The molecule has 0 saturated carbocycles. The van der Waals surface area contributed by atoms with E-state index >= 15 is 0 Å². The normalized spacial score (nSPS) is 12.3. The third-order valence-electron chi connectivity index (χ3n) is 5.02. The minimum absolute atomic E-state index is 0.906. The molecular weight excluding hydrogens is 398 g/mol. The fourth-order valence-corrected chi connectivity index (χ4v) is 2.79. The van der Waals surface area contributed by atoms with E-state index in [9.17, 15) is 0 Å². The molecule has 0 saturated heterocycles. The van der Waals surface area contributed by atoms with Crippen LogP contribution in [0.25, 0.3) is 6.08 Å². The Morgan fingerprint density at radius 2 is 1.70 bits per heavy atom. The molecule has 1 aromatic carbocycles. The molecule has 0 amide bonds. The zero-order valence-electron chi connectivity index (χ0n) is 22.9. The van der Waals surface area contributed by atoms with Gasteiger partial charge in [0.25, 0.3) is 0 Å². The Morgan fingerprint density at radius 1 is 1.06 bits per heavy atom. The van der Waals surface area contributed by atoms with E-state index in [1.807, 2.05) is 33.8 Å². The van der Waals surface area contributed by atoms with Crippen molar-refractivity contribution >= 4 is 11.8 Å². The van der Waals surface area contributed by atoms with Crippen molar-refractivity contribution in [1.82, 2.24) is 0 Å². The fourth-order valence-electron chi connectivity index (χ4n) is 2.79. The summed E-state index contributed by atoms with van der Waals surface area (Å²) in [5.74, 6) is 2.54. The van der Waals surface area contributed by atoms with Gasteiger partial charge in [0.2, 0.25) is 0 Å². The van der Waals surface area contributed by atoms with Crippen LogP contribution in [0.4, 0.5) is 5.69 Å². The highest BCUT2D eigenvalue weighted by molar-refractivity contribution is 5.63. The van der Waals surface area contributed by atoms with Crippen molar-refractivity contribution < 1.29 is 0 Å². The summed E-state index contributed by atoms with van der Waals surface area (Å²) in [6.45, 7) is 25.0. The molecule has 1 heteroatoms. The first kappa shape index (κ1) is 32.2. The minimum atomic E-state index is 0.906. The second-order valence-corrected chi connectivity index (χ2v) is 7.19. The number of nitrogens with one attached hydrogen (secondary N) is 1. The Kier molecular flexibility index (Phi) is 19.2. The maximum Gasteiger partial charge on any atom is 0.0390 e. The standard InChI is InChI=1S/C28H35N.2C2H6/c1-9-12-14-21(4)24(7)22(5)16-18-26(11-3)25(8)29-28-19-17-23(6)27(20-28)15-13-10-2;2*1-2/h1,12-20,29H,8,10-11H2,2-7H3;2*1-2H3/b14-12-,15-13-,22-16+,24-21+,26-18+;;. The molecule has 0 aliphatic heterocycles. The molecule has 1 rings (SSSR count). The van der Waals surface area contributed by atoms with Gasteiger partial charge in [0.05, 0.1) is 0 Å². The lowest BCUT2D eigenvalue weighted by Gasteiger charge is -2.14. The third kappa shape index (κ3) is 12.6. The van der Waals surface area contributed by atoms with Gasteiger partial charge in [0, 0.05) is 11.4 Å². The molecule has 0 aromatic heterocycles. The molecule has 0 atom stereocenters. The third-order valence-corrected chi connectivity index (χ3v) is 5.02. The van der Waals surface area contributed by atoms with Crippen molar-refractivity contribution in [3.63, 3.8) is 0 Å². The largest absolute Gasteiger partial charge is 0.356 e. The summed E-state index contributed by atoms with van der Waals surface area (Å²) in [7, 11) is 0. The molecular formula is C32H47N. The van der Waals surface area contributed by atoms with Crippen LogP contribution in [0.5, 0.6) is 0 Å². The molecule has 0 aliphatic carbocycles. The predicted octanol–water partition coefficient (Wildman–Crippen LogP) is 10.2. The topological polar surface area (TPSA) is 12.0 Å². The van der Waals surface area contributed by atoms with Gasteiger partial charge in [-0.3, -0.25) is 0 Å². The van der Waals surface area contributed by atoms with Gasteiger partial charge in [-0.15, -0.1) is 6.42 Å². The molecule has 0 aliphatic rings. The highest BCUT2D eigenvalue weighted by Gasteiger charge is 2.04. The summed E-state index contributed by atoms with van der Waals surface area (Å²) >= 11 is 0. The number of terminal acetylenes is 1. The van der Waals surface area contributed by atoms with E-state index in [1.165, 1.54) is 33.4 Å². The molecule has 1 N–H and O–H groups in total. The van der Waals surface area contributed by atoms with Crippen molar-refractivity contribution in [2.75, 3.05) is 5.32 Å². The summed E-state index contributed by atoms with van der Waals surface area (Å²) in [5.41, 5.74) is 9.29. The number of allylic oxidation sites excluding steroid dienone is 9. The van der Waals surface area contributed by atoms with E-state index in [1.54, 1.807) is 6.08 Å². The Balaban J connectivity index is 0. The van der Waals surface area contributed by atoms with Crippen LogP contribution >= 0.6 is 0 Å². The average Bonchev–Trinajstić information content (AvgIpc) is 2.84. The van der Waals surface area contributed by atoms with E-state index in [0.717, 1.165) is 24.2 Å². The number of benzene rings is 1. The van der Waals surface area contributed by atoms with Gasteiger partial charge in [-0.2, -0.15) is 0 Å². The maximum atomic E-state index is 5.30. The monoisotopic (exact) mass is 445 g/mol. The Bertz CT molecular complexity index is 908. The lowest BCUT2D eigenvalue weighted by Crippen LogP contribution is -2.01. The van der Waals surface area contributed by atoms with Gasteiger partial charge in [0.15, 0.2) is 0 Å². The van der Waals surface area contributed by atoms with Crippen molar-refractivity contribution in [1.29, 1.82) is 0 Å². The Morgan fingerprint density at radius 3 is 2.24 bits per heavy atom. The minimum Gasteiger partial charge on any atom is -0.356 e. The van der Waals surface area contributed by atoms with Crippen LogP contribution in [-0.4, -0.2) is 0 Å². The first-order valence-corrected chi connectivity index (χ1v) is 12.2. The zero-order valence-corrected chi connectivity index (χ0v) is 22.9. The van der Waals surface area contributed by atoms with Gasteiger partial charge in [-0.05, 0) is 92.2 Å². The number of aryl methyl sites for hydroxylation is 1. The number of hydrogen-bond donors (Lipinski definition) is 1. The van der Waals surface area contributed by atoms with Crippen LogP contribution in [-0.2, 0) is 0 Å². The second-order valence-electron chi connectivity index (χ2n) is 7.19. The van der Waals surface area contributed by atoms with Crippen LogP contribution in [0.1, 0.15) is 86.3 Å². The molecule has 1 aromatic rings. The molecule has 0 unspecified atom stereocenters. The summed E-state index contributed by atoms with van der Waals surface area (Å²) in [6.07, 6.45) is 19.6. The highest BCUT2D eigenvalue weighted by atomic mass is 14.9. The van der Waals surface area contributed by atoms with Crippen LogP contribution < -0.4 is 5.32 Å². The van der Waals surface area contributed by atoms with Gasteiger partial charge in [-0.25, -0.2) is 0 Å². The quantitative estimate of drug-likeness (QED) is 0.294. The molecule has 0 fully saturated rings. The van der Waals surface area contributed by atoms with Crippen molar-refractivity contribution in [2.45, 2.75) is 82.1 Å². The van der Waals surface area contributed by atoms with Gasteiger partial charge in [-0.1, -0.05) is 90.5 Å². The Hall–Kier alpha value is -2.98. The van der Waals surface area contributed by atoms with E-state index in [0.29, 0.717) is 0 Å². The smallest absolute Gasteiger partial charge is 0.0390 e. The molecule has 33 heavy (non-hydrogen) atoms. The van der Waals surface area contributed by atoms with E-state index in [4.69, 9.17) is 6.42 Å². The molecule has 1 nitrogen and oxygen atoms in total. The molecule has 180 valence electrons. The number of anilines is 1. The lowest BCUT2D eigenvalue weighted by molar-refractivity contribution is 1.11. The second kappa shape index (κ2) is 19.7. The summed E-state index contributed by atoms with van der Waals surface area (Å²) in [5, 5.41) is 3.47. The summed E-state index contributed by atoms with van der Waals surface area (Å²) in [6, 6.07) is 6.42.